The molecule has 156 valence electrons. The fourth-order valence-corrected chi connectivity index (χ4v) is 4.34. The second-order valence-corrected chi connectivity index (χ2v) is 8.54. The summed E-state index contributed by atoms with van der Waals surface area (Å²) >= 11 is 5.92. The fraction of sp³-hybridized carbons (Fsp3) is 0.400. The number of benzene rings is 1. The van der Waals surface area contributed by atoms with Crippen molar-refractivity contribution in [2.24, 2.45) is 4.99 Å². The zero-order valence-electron chi connectivity index (χ0n) is 17.6. The molecule has 0 saturated heterocycles. The van der Waals surface area contributed by atoms with E-state index in [2.05, 4.69) is 26.2 Å². The Hall–Kier alpha value is -2.64. The molecule has 1 aromatic carbocycles. The molecule has 0 N–H and O–H groups in total. The second kappa shape index (κ2) is 9.45. The molecule has 30 heavy (non-hydrogen) atoms. The number of nitrogens with zero attached hydrogens (tertiary/aromatic N) is 3. The first kappa shape index (κ1) is 22.1. The number of carbonyl (C=O) groups excluding carboxylic acids is 1. The Kier molecular flexibility index (Phi) is 6.95. The Balaban J connectivity index is 1.82. The molecule has 1 spiro atoms. The molecule has 0 unspecified atom stereocenters. The summed E-state index contributed by atoms with van der Waals surface area (Å²) < 4.78 is 0. The molecule has 1 amide bonds. The highest BCUT2D eigenvalue weighted by atomic mass is 35.5. The van der Waals surface area contributed by atoms with Crippen LogP contribution in [0.2, 0.25) is 0 Å². The monoisotopic (exact) mass is 421 g/mol. The highest BCUT2D eigenvalue weighted by Gasteiger charge is 2.49. The van der Waals surface area contributed by atoms with Gasteiger partial charge in [0.15, 0.2) is 0 Å². The molecular weight excluding hydrogens is 394 g/mol. The molecule has 1 saturated carbocycles. The maximum Gasteiger partial charge on any atom is 0.256 e. The zero-order chi connectivity index (χ0) is 21.7. The van der Waals surface area contributed by atoms with Crippen LogP contribution in [0.4, 0.5) is 0 Å². The fourth-order valence-electron chi connectivity index (χ4n) is 4.23. The number of amides is 1. The van der Waals surface area contributed by atoms with E-state index in [4.69, 9.17) is 16.6 Å². The summed E-state index contributed by atoms with van der Waals surface area (Å²) in [6.45, 7) is 10.2. The molecular formula is C25H28ClN3O. The Bertz CT molecular complexity index is 944. The van der Waals surface area contributed by atoms with E-state index in [-0.39, 0.29) is 5.91 Å². The predicted molar refractivity (Wildman–Crippen MR) is 123 cm³/mol. The molecule has 4 nitrogen and oxygen atoms in total. The lowest BCUT2D eigenvalue weighted by molar-refractivity contribution is -0.131. The Morgan fingerprint density at radius 2 is 1.97 bits per heavy atom. The molecule has 1 aliphatic heterocycles. The molecule has 5 heteroatoms. The van der Waals surface area contributed by atoms with Crippen LogP contribution in [-0.2, 0) is 11.3 Å². The molecule has 0 aromatic heterocycles. The van der Waals surface area contributed by atoms with Gasteiger partial charge in [-0.2, -0.15) is 5.26 Å². The Morgan fingerprint density at radius 3 is 2.53 bits per heavy atom. The first-order valence-electron chi connectivity index (χ1n) is 10.6. The van der Waals surface area contributed by atoms with E-state index >= 15 is 0 Å². The number of amidine groups is 1. The minimum absolute atomic E-state index is 0.159. The lowest BCUT2D eigenvalue weighted by Crippen LogP contribution is -2.40. The largest absolute Gasteiger partial charge is 0.294 e. The van der Waals surface area contributed by atoms with Crippen molar-refractivity contribution in [1.82, 2.24) is 4.90 Å². The number of rotatable bonds is 8. The van der Waals surface area contributed by atoms with Crippen LogP contribution in [0.25, 0.3) is 5.57 Å². The van der Waals surface area contributed by atoms with E-state index < -0.39 is 5.54 Å². The first-order valence-corrected chi connectivity index (χ1v) is 10.9. The van der Waals surface area contributed by atoms with Crippen LogP contribution in [0.3, 0.4) is 0 Å². The number of nitriles is 1. The van der Waals surface area contributed by atoms with Crippen molar-refractivity contribution in [3.8, 4) is 6.07 Å². The minimum atomic E-state index is -0.510. The molecule has 0 atom stereocenters. The SMILES string of the molecule is C=C(Cl)/C=C(\C(=C)C#N)c1ccc(CN2C(=O)C3(CCCC3)N=C2CCCC)cc1. The smallest absolute Gasteiger partial charge is 0.256 e. The average Bonchev–Trinajstić information content (AvgIpc) is 3.31. The van der Waals surface area contributed by atoms with Gasteiger partial charge in [-0.3, -0.25) is 14.7 Å². The summed E-state index contributed by atoms with van der Waals surface area (Å²) in [5.74, 6) is 1.09. The quantitative estimate of drug-likeness (QED) is 0.373. The van der Waals surface area contributed by atoms with Gasteiger partial charge in [0.2, 0.25) is 0 Å². The van der Waals surface area contributed by atoms with Crippen molar-refractivity contribution in [1.29, 1.82) is 5.26 Å². The molecule has 3 rings (SSSR count). The Morgan fingerprint density at radius 1 is 1.30 bits per heavy atom. The van der Waals surface area contributed by atoms with Crippen LogP contribution >= 0.6 is 11.6 Å². The molecule has 1 heterocycles. The van der Waals surface area contributed by atoms with E-state index in [9.17, 15) is 10.1 Å². The van der Waals surface area contributed by atoms with Crippen LogP contribution < -0.4 is 0 Å². The Labute approximate surface area is 184 Å². The maximum absolute atomic E-state index is 13.3. The van der Waals surface area contributed by atoms with Gasteiger partial charge in [-0.1, -0.05) is 75.2 Å². The number of carbonyl (C=O) groups is 1. The number of aliphatic imine (C=N–C) groups is 1. The number of halogens is 1. The summed E-state index contributed by atoms with van der Waals surface area (Å²) in [7, 11) is 0. The van der Waals surface area contributed by atoms with Gasteiger partial charge in [-0.15, -0.1) is 0 Å². The summed E-state index contributed by atoms with van der Waals surface area (Å²) in [5, 5.41) is 9.57. The molecule has 1 fully saturated rings. The molecule has 1 aliphatic carbocycles. The number of hydrogen-bond acceptors (Lipinski definition) is 3. The van der Waals surface area contributed by atoms with Crippen LogP contribution in [0.1, 0.15) is 63.0 Å². The second-order valence-electron chi connectivity index (χ2n) is 8.05. The average molecular weight is 422 g/mol. The topological polar surface area (TPSA) is 56.5 Å². The van der Waals surface area contributed by atoms with Gasteiger partial charge in [0.1, 0.15) is 11.4 Å². The van der Waals surface area contributed by atoms with Gasteiger partial charge >= 0.3 is 0 Å². The van der Waals surface area contributed by atoms with Crippen molar-refractivity contribution in [3.05, 3.63) is 65.2 Å². The third-order valence-electron chi connectivity index (χ3n) is 5.85. The van der Waals surface area contributed by atoms with E-state index in [1.165, 1.54) is 0 Å². The van der Waals surface area contributed by atoms with Crippen molar-refractivity contribution in [2.75, 3.05) is 0 Å². The zero-order valence-corrected chi connectivity index (χ0v) is 18.3. The lowest BCUT2D eigenvalue weighted by atomic mass is 9.97. The van der Waals surface area contributed by atoms with Crippen LogP contribution in [0.15, 0.2) is 59.1 Å². The van der Waals surface area contributed by atoms with Crippen molar-refractivity contribution in [2.45, 2.75) is 64.0 Å². The standard InChI is InChI=1S/C25H28ClN3O/c1-4-5-8-23-28-25(13-6-7-14-25)24(30)29(23)17-20-9-11-21(12-10-20)22(15-19(3)26)18(2)16-27/h9-12,15H,2-8,13-14,17H2,1H3/b22-15+. The van der Waals surface area contributed by atoms with Gasteiger partial charge in [0.25, 0.3) is 5.91 Å². The van der Waals surface area contributed by atoms with Crippen molar-refractivity contribution >= 4 is 28.9 Å². The van der Waals surface area contributed by atoms with Crippen LogP contribution in [0, 0.1) is 11.3 Å². The summed E-state index contributed by atoms with van der Waals surface area (Å²) in [6.07, 6.45) is 8.47. The van der Waals surface area contributed by atoms with Gasteiger partial charge in [0.05, 0.1) is 18.2 Å². The number of allylic oxidation sites excluding steroid dienone is 4. The molecule has 0 bridgehead atoms. The normalized spacial score (nSPS) is 17.9. The highest BCUT2D eigenvalue weighted by molar-refractivity contribution is 6.31. The van der Waals surface area contributed by atoms with Crippen LogP contribution in [0.5, 0.6) is 0 Å². The summed E-state index contributed by atoms with van der Waals surface area (Å²) in [6, 6.07) is 9.89. The lowest BCUT2D eigenvalue weighted by Gasteiger charge is -2.23. The highest BCUT2D eigenvalue weighted by Crippen LogP contribution is 2.40. The van der Waals surface area contributed by atoms with Crippen molar-refractivity contribution < 1.29 is 4.79 Å². The minimum Gasteiger partial charge on any atom is -0.294 e. The maximum atomic E-state index is 13.3. The van der Waals surface area contributed by atoms with Crippen LogP contribution in [-0.4, -0.2) is 22.2 Å². The molecule has 0 radical (unpaired) electrons. The van der Waals surface area contributed by atoms with Gasteiger partial charge in [-0.25, -0.2) is 0 Å². The third-order valence-corrected chi connectivity index (χ3v) is 5.96. The van der Waals surface area contributed by atoms with Gasteiger partial charge in [-0.05, 0) is 36.5 Å². The first-order chi connectivity index (χ1) is 14.4. The van der Waals surface area contributed by atoms with Gasteiger partial charge < -0.3 is 0 Å². The van der Waals surface area contributed by atoms with Crippen molar-refractivity contribution in [3.63, 3.8) is 0 Å². The summed E-state index contributed by atoms with van der Waals surface area (Å²) in [5.41, 5.74) is 2.34. The number of hydrogen-bond donors (Lipinski definition) is 0. The van der Waals surface area contributed by atoms with E-state index in [0.29, 0.717) is 22.7 Å². The van der Waals surface area contributed by atoms with Gasteiger partial charge in [0, 0.05) is 17.0 Å². The van der Waals surface area contributed by atoms with E-state index in [0.717, 1.165) is 61.9 Å². The molecule has 2 aliphatic rings. The molecule has 1 aromatic rings. The third kappa shape index (κ3) is 4.57. The van der Waals surface area contributed by atoms with E-state index in [1.54, 1.807) is 6.08 Å². The predicted octanol–water partition coefficient (Wildman–Crippen LogP) is 6.15. The number of unbranched alkanes of at least 4 members (excludes halogenated alkanes) is 1. The summed E-state index contributed by atoms with van der Waals surface area (Å²) in [4.78, 5) is 20.1. The van der Waals surface area contributed by atoms with E-state index in [1.807, 2.05) is 29.2 Å².